The first-order chi connectivity index (χ1) is 11.8. The Bertz CT molecular complexity index is 679. The lowest BCUT2D eigenvalue weighted by Crippen LogP contribution is -2.19. The van der Waals surface area contributed by atoms with Crippen LogP contribution >= 0.6 is 0 Å². The van der Waals surface area contributed by atoms with Gasteiger partial charge in [0, 0.05) is 17.8 Å². The van der Waals surface area contributed by atoms with Crippen LogP contribution in [0.3, 0.4) is 0 Å². The number of likely N-dealkylation sites (tertiary alicyclic amines) is 1. The van der Waals surface area contributed by atoms with E-state index in [2.05, 4.69) is 67.3 Å². The van der Waals surface area contributed by atoms with Crippen molar-refractivity contribution >= 4 is 5.57 Å². The third-order valence-corrected chi connectivity index (χ3v) is 4.70. The fourth-order valence-electron chi connectivity index (χ4n) is 3.31. The van der Waals surface area contributed by atoms with Crippen LogP contribution in [0.2, 0.25) is 0 Å². The molecule has 0 unspecified atom stereocenters. The van der Waals surface area contributed by atoms with Gasteiger partial charge < -0.3 is 0 Å². The lowest BCUT2D eigenvalue weighted by molar-refractivity contribution is 0.377. The Balaban J connectivity index is 1.92. The fourth-order valence-corrected chi connectivity index (χ4v) is 3.31. The number of hydrogen-bond acceptors (Lipinski definition) is 2. The Labute approximate surface area is 146 Å². The maximum absolute atomic E-state index is 4.92. The largest absolute Gasteiger partial charge is 0.300 e. The second-order valence-corrected chi connectivity index (χ2v) is 6.76. The van der Waals surface area contributed by atoms with E-state index in [-0.39, 0.29) is 0 Å². The molecule has 1 aromatic carbocycles. The zero-order valence-corrected chi connectivity index (χ0v) is 15.0. The van der Waals surface area contributed by atoms with Gasteiger partial charge >= 0.3 is 0 Å². The molecule has 0 N–H and O–H groups in total. The zero-order valence-electron chi connectivity index (χ0n) is 15.0. The molecule has 0 radical (unpaired) electrons. The molecule has 1 aliphatic rings. The van der Waals surface area contributed by atoms with Gasteiger partial charge in [0.1, 0.15) is 0 Å². The fraction of sp³-hybridized carbons (Fsp3) is 0.409. The summed E-state index contributed by atoms with van der Waals surface area (Å²) < 4.78 is 0. The highest BCUT2D eigenvalue weighted by atomic mass is 15.1. The second-order valence-electron chi connectivity index (χ2n) is 6.76. The summed E-state index contributed by atoms with van der Waals surface area (Å²) in [5, 5.41) is 0. The topological polar surface area (TPSA) is 16.1 Å². The smallest absolute Gasteiger partial charge is 0.0708 e. The molecule has 2 nitrogen and oxygen atoms in total. The molecule has 1 aliphatic heterocycles. The summed E-state index contributed by atoms with van der Waals surface area (Å²) in [4.78, 5) is 7.45. The minimum atomic E-state index is 1.02. The van der Waals surface area contributed by atoms with Gasteiger partial charge in [0.2, 0.25) is 0 Å². The molecule has 1 saturated heterocycles. The second kappa shape index (κ2) is 8.25. The van der Waals surface area contributed by atoms with Crippen LogP contribution in [-0.2, 0) is 6.42 Å². The molecule has 2 heterocycles. The van der Waals surface area contributed by atoms with E-state index in [9.17, 15) is 0 Å². The Morgan fingerprint density at radius 2 is 1.83 bits per heavy atom. The van der Waals surface area contributed by atoms with E-state index in [1.807, 2.05) is 0 Å². The van der Waals surface area contributed by atoms with Gasteiger partial charge in [0.25, 0.3) is 0 Å². The number of hydrogen-bond donors (Lipinski definition) is 0. The standard InChI is InChI=1S/C22H28N2/c1-3-7-20-8-6-9-22(23-20)21(14-17-24-15-4-5-16-24)19-12-10-18(2)11-13-19/h6,8-14H,3-5,7,15-17H2,1-2H3/b21-14+. The van der Waals surface area contributed by atoms with Gasteiger partial charge in [-0.2, -0.15) is 0 Å². The predicted octanol–water partition coefficient (Wildman–Crippen LogP) is 4.87. The molecule has 0 aliphatic carbocycles. The number of aromatic nitrogens is 1. The molecular weight excluding hydrogens is 292 g/mol. The van der Waals surface area contributed by atoms with Crippen LogP contribution in [0.15, 0.2) is 48.5 Å². The van der Waals surface area contributed by atoms with Crippen molar-refractivity contribution in [1.29, 1.82) is 0 Å². The van der Waals surface area contributed by atoms with Crippen molar-refractivity contribution in [3.05, 3.63) is 71.1 Å². The van der Waals surface area contributed by atoms with Crippen molar-refractivity contribution in [2.75, 3.05) is 19.6 Å². The van der Waals surface area contributed by atoms with Crippen molar-refractivity contribution in [2.24, 2.45) is 0 Å². The van der Waals surface area contributed by atoms with Crippen molar-refractivity contribution < 1.29 is 0 Å². The van der Waals surface area contributed by atoms with Crippen molar-refractivity contribution in [1.82, 2.24) is 9.88 Å². The number of rotatable bonds is 6. The zero-order chi connectivity index (χ0) is 16.8. The van der Waals surface area contributed by atoms with Crippen LogP contribution in [0.5, 0.6) is 0 Å². The van der Waals surface area contributed by atoms with Gasteiger partial charge in [-0.3, -0.25) is 9.88 Å². The van der Waals surface area contributed by atoms with Crippen LogP contribution in [0.1, 0.15) is 48.7 Å². The van der Waals surface area contributed by atoms with Gasteiger partial charge in [0.15, 0.2) is 0 Å². The van der Waals surface area contributed by atoms with Gasteiger partial charge in [-0.1, -0.05) is 55.3 Å². The summed E-state index contributed by atoms with van der Waals surface area (Å²) in [6, 6.07) is 15.3. The third-order valence-electron chi connectivity index (χ3n) is 4.70. The van der Waals surface area contributed by atoms with E-state index in [4.69, 9.17) is 4.98 Å². The highest BCUT2D eigenvalue weighted by Gasteiger charge is 2.12. The first kappa shape index (κ1) is 16.9. The first-order valence-electron chi connectivity index (χ1n) is 9.22. The quantitative estimate of drug-likeness (QED) is 0.755. The molecule has 2 heteroatoms. The van der Waals surface area contributed by atoms with Crippen molar-refractivity contribution in [2.45, 2.75) is 39.5 Å². The summed E-state index contributed by atoms with van der Waals surface area (Å²) in [5.41, 5.74) is 6.12. The molecule has 0 spiro atoms. The van der Waals surface area contributed by atoms with E-state index in [0.717, 1.165) is 25.1 Å². The highest BCUT2D eigenvalue weighted by molar-refractivity contribution is 5.78. The van der Waals surface area contributed by atoms with E-state index >= 15 is 0 Å². The summed E-state index contributed by atoms with van der Waals surface area (Å²) in [6.45, 7) is 7.81. The number of aryl methyl sites for hydroxylation is 2. The van der Waals surface area contributed by atoms with Crippen LogP contribution in [0.25, 0.3) is 5.57 Å². The van der Waals surface area contributed by atoms with Gasteiger partial charge in [-0.25, -0.2) is 0 Å². The summed E-state index contributed by atoms with van der Waals surface area (Å²) >= 11 is 0. The lowest BCUT2D eigenvalue weighted by atomic mass is 10.00. The predicted molar refractivity (Wildman–Crippen MR) is 102 cm³/mol. The maximum atomic E-state index is 4.92. The van der Waals surface area contributed by atoms with Gasteiger partial charge in [-0.15, -0.1) is 0 Å². The Morgan fingerprint density at radius 1 is 1.08 bits per heavy atom. The molecule has 0 amide bonds. The van der Waals surface area contributed by atoms with E-state index in [1.54, 1.807) is 0 Å². The van der Waals surface area contributed by atoms with E-state index < -0.39 is 0 Å². The Hall–Kier alpha value is -1.93. The van der Waals surface area contributed by atoms with Crippen molar-refractivity contribution in [3.63, 3.8) is 0 Å². The molecule has 0 saturated carbocycles. The Morgan fingerprint density at radius 3 is 2.54 bits per heavy atom. The molecule has 0 atom stereocenters. The molecule has 1 fully saturated rings. The van der Waals surface area contributed by atoms with Crippen molar-refractivity contribution in [3.8, 4) is 0 Å². The van der Waals surface area contributed by atoms with Crippen LogP contribution in [-0.4, -0.2) is 29.5 Å². The third kappa shape index (κ3) is 4.33. The molecule has 1 aromatic heterocycles. The average molecular weight is 320 g/mol. The number of benzene rings is 1. The van der Waals surface area contributed by atoms with Crippen LogP contribution in [0.4, 0.5) is 0 Å². The van der Waals surface area contributed by atoms with E-state index in [1.165, 1.54) is 48.3 Å². The molecule has 0 bridgehead atoms. The summed E-state index contributed by atoms with van der Waals surface area (Å²) in [5.74, 6) is 0. The average Bonchev–Trinajstić information content (AvgIpc) is 3.11. The number of pyridine rings is 1. The SMILES string of the molecule is CCCc1cccc(/C(=C/CN2CCCC2)c2ccc(C)cc2)n1. The van der Waals surface area contributed by atoms with E-state index in [0.29, 0.717) is 0 Å². The van der Waals surface area contributed by atoms with Gasteiger partial charge in [0.05, 0.1) is 5.69 Å². The molecule has 24 heavy (non-hydrogen) atoms. The Kier molecular flexibility index (Phi) is 5.81. The summed E-state index contributed by atoms with van der Waals surface area (Å²) in [6.07, 6.45) is 7.21. The van der Waals surface area contributed by atoms with Crippen LogP contribution in [0, 0.1) is 6.92 Å². The molecule has 3 rings (SSSR count). The first-order valence-corrected chi connectivity index (χ1v) is 9.22. The minimum absolute atomic E-state index is 1.02. The normalized spacial score (nSPS) is 15.8. The monoisotopic (exact) mass is 320 g/mol. The van der Waals surface area contributed by atoms with Gasteiger partial charge in [-0.05, 0) is 57.0 Å². The highest BCUT2D eigenvalue weighted by Crippen LogP contribution is 2.23. The molecule has 126 valence electrons. The van der Waals surface area contributed by atoms with Crippen LogP contribution < -0.4 is 0 Å². The molecular formula is C22H28N2. The maximum Gasteiger partial charge on any atom is 0.0708 e. The number of nitrogens with zero attached hydrogens (tertiary/aromatic N) is 2. The summed E-state index contributed by atoms with van der Waals surface area (Å²) in [7, 11) is 0. The molecule has 2 aromatic rings. The lowest BCUT2D eigenvalue weighted by Gasteiger charge is -2.14. The minimum Gasteiger partial charge on any atom is -0.300 e.